The third-order valence-corrected chi connectivity index (χ3v) is 4.46. The van der Waals surface area contributed by atoms with Crippen LogP contribution < -0.4 is 10.1 Å². The zero-order valence-corrected chi connectivity index (χ0v) is 12.0. The highest BCUT2D eigenvalue weighted by Crippen LogP contribution is 2.24. The Morgan fingerprint density at radius 2 is 2.00 bits per heavy atom. The van der Waals surface area contributed by atoms with Gasteiger partial charge in [-0.05, 0) is 31.0 Å². The van der Waals surface area contributed by atoms with Crippen LogP contribution in [0.15, 0.2) is 18.2 Å². The molecule has 0 bridgehead atoms. The maximum Gasteiger partial charge on any atom is 0.152 e. The number of hydrogen-bond donors (Lipinski definition) is 1. The van der Waals surface area contributed by atoms with E-state index in [1.165, 1.54) is 0 Å². The molecule has 5 heteroatoms. The lowest BCUT2D eigenvalue weighted by Crippen LogP contribution is -2.18. The average Bonchev–Trinajstić information content (AvgIpc) is 2.29. The number of hydrogen-bond acceptors (Lipinski definition) is 4. The van der Waals surface area contributed by atoms with Crippen molar-refractivity contribution in [2.75, 3.05) is 30.5 Å². The molecular formula is C13H21NO3S. The number of aryl methyl sites for hydroxylation is 1. The summed E-state index contributed by atoms with van der Waals surface area (Å²) in [5.74, 6) is 1.13. The van der Waals surface area contributed by atoms with Crippen LogP contribution in [-0.4, -0.2) is 33.6 Å². The molecule has 4 nitrogen and oxygen atoms in total. The second kappa shape index (κ2) is 6.64. The molecule has 18 heavy (non-hydrogen) atoms. The molecule has 0 aliphatic carbocycles. The van der Waals surface area contributed by atoms with Crippen molar-refractivity contribution in [1.29, 1.82) is 0 Å². The molecule has 0 aliphatic heterocycles. The minimum absolute atomic E-state index is 0.151. The summed E-state index contributed by atoms with van der Waals surface area (Å²) < 4.78 is 28.4. The number of benzene rings is 1. The fraction of sp³-hybridized carbons (Fsp3) is 0.538. The van der Waals surface area contributed by atoms with Crippen LogP contribution in [0.4, 0.5) is 5.69 Å². The van der Waals surface area contributed by atoms with Crippen molar-refractivity contribution in [3.63, 3.8) is 0 Å². The first-order chi connectivity index (χ1) is 8.48. The molecule has 1 N–H and O–H groups in total. The van der Waals surface area contributed by atoms with Crippen molar-refractivity contribution < 1.29 is 13.2 Å². The summed E-state index contributed by atoms with van der Waals surface area (Å²) in [6.45, 7) is 4.26. The van der Waals surface area contributed by atoms with Crippen LogP contribution in [0.3, 0.4) is 0 Å². The predicted molar refractivity (Wildman–Crippen MR) is 75.2 cm³/mol. The van der Waals surface area contributed by atoms with Crippen LogP contribution >= 0.6 is 0 Å². The van der Waals surface area contributed by atoms with E-state index in [2.05, 4.69) is 5.32 Å². The van der Waals surface area contributed by atoms with Crippen molar-refractivity contribution in [2.24, 2.45) is 0 Å². The maximum absolute atomic E-state index is 11.6. The van der Waals surface area contributed by atoms with Crippen molar-refractivity contribution in [3.05, 3.63) is 23.8 Å². The number of ether oxygens (including phenoxy) is 1. The molecule has 0 saturated heterocycles. The summed E-state index contributed by atoms with van der Waals surface area (Å²) in [5.41, 5.74) is 1.94. The molecule has 1 aromatic carbocycles. The lowest BCUT2D eigenvalue weighted by Gasteiger charge is -2.12. The van der Waals surface area contributed by atoms with Gasteiger partial charge in [-0.1, -0.05) is 13.0 Å². The molecule has 1 aromatic rings. The molecule has 1 rings (SSSR count). The zero-order valence-electron chi connectivity index (χ0n) is 11.2. The van der Waals surface area contributed by atoms with Crippen molar-refractivity contribution in [3.8, 4) is 5.75 Å². The van der Waals surface area contributed by atoms with Gasteiger partial charge in [0.05, 0.1) is 18.6 Å². The van der Waals surface area contributed by atoms with Crippen LogP contribution in [0, 0.1) is 6.92 Å². The van der Waals surface area contributed by atoms with Crippen LogP contribution in [0.5, 0.6) is 5.75 Å². The summed E-state index contributed by atoms with van der Waals surface area (Å²) in [7, 11) is -1.33. The molecule has 0 heterocycles. The number of rotatable bonds is 7. The van der Waals surface area contributed by atoms with Gasteiger partial charge in [0, 0.05) is 12.3 Å². The Hall–Kier alpha value is -1.23. The van der Waals surface area contributed by atoms with E-state index in [9.17, 15) is 8.42 Å². The Morgan fingerprint density at radius 1 is 1.28 bits per heavy atom. The Bertz CT molecular complexity index is 483. The van der Waals surface area contributed by atoms with E-state index in [4.69, 9.17) is 4.74 Å². The van der Waals surface area contributed by atoms with E-state index in [-0.39, 0.29) is 11.5 Å². The van der Waals surface area contributed by atoms with Crippen molar-refractivity contribution in [2.45, 2.75) is 20.3 Å². The number of methoxy groups -OCH3 is 1. The van der Waals surface area contributed by atoms with E-state index < -0.39 is 9.84 Å². The summed E-state index contributed by atoms with van der Waals surface area (Å²) in [6.07, 6.45) is 0.663. The number of nitrogens with one attached hydrogen (secondary N) is 1. The van der Waals surface area contributed by atoms with Gasteiger partial charge < -0.3 is 10.1 Å². The molecule has 0 saturated carbocycles. The van der Waals surface area contributed by atoms with E-state index in [0.717, 1.165) is 17.0 Å². The van der Waals surface area contributed by atoms with Crippen molar-refractivity contribution in [1.82, 2.24) is 0 Å². The molecule has 0 aromatic heterocycles. The van der Waals surface area contributed by atoms with E-state index >= 15 is 0 Å². The van der Waals surface area contributed by atoms with E-state index in [1.54, 1.807) is 7.11 Å². The fourth-order valence-corrected chi connectivity index (χ4v) is 2.95. The second-order valence-electron chi connectivity index (χ2n) is 4.28. The summed E-state index contributed by atoms with van der Waals surface area (Å²) in [6, 6.07) is 5.78. The Labute approximate surface area is 109 Å². The number of sulfone groups is 1. The van der Waals surface area contributed by atoms with Crippen molar-refractivity contribution >= 4 is 15.5 Å². The first kappa shape index (κ1) is 14.8. The highest BCUT2D eigenvalue weighted by Gasteiger charge is 2.09. The molecule has 0 unspecified atom stereocenters. The normalized spacial score (nSPS) is 11.3. The van der Waals surface area contributed by atoms with Gasteiger partial charge in [-0.25, -0.2) is 8.42 Å². The Morgan fingerprint density at radius 3 is 2.61 bits per heavy atom. The standard InChI is InChI=1S/C13H21NO3S/c1-4-8-18(15,16)9-7-14-12-10-11(2)5-6-13(12)17-3/h5-6,10,14H,4,7-9H2,1-3H3. The first-order valence-corrected chi connectivity index (χ1v) is 7.89. The number of anilines is 1. The third kappa shape index (κ3) is 4.56. The lowest BCUT2D eigenvalue weighted by molar-refractivity contribution is 0.416. The molecule has 0 atom stereocenters. The SMILES string of the molecule is CCCS(=O)(=O)CCNc1cc(C)ccc1OC. The smallest absolute Gasteiger partial charge is 0.152 e. The van der Waals surface area contributed by atoms with E-state index in [1.807, 2.05) is 32.0 Å². The third-order valence-electron chi connectivity index (χ3n) is 2.60. The molecule has 0 aliphatic rings. The molecule has 0 amide bonds. The molecule has 0 spiro atoms. The summed E-state index contributed by atoms with van der Waals surface area (Å²) >= 11 is 0. The van der Waals surface area contributed by atoms with E-state index in [0.29, 0.717) is 13.0 Å². The lowest BCUT2D eigenvalue weighted by atomic mass is 10.2. The largest absolute Gasteiger partial charge is 0.495 e. The first-order valence-electron chi connectivity index (χ1n) is 6.07. The second-order valence-corrected chi connectivity index (χ2v) is 6.59. The highest BCUT2D eigenvalue weighted by atomic mass is 32.2. The minimum atomic E-state index is -2.93. The van der Waals surface area contributed by atoms with Crippen LogP contribution in [0.2, 0.25) is 0 Å². The Balaban J connectivity index is 2.61. The van der Waals surface area contributed by atoms with Gasteiger partial charge in [-0.2, -0.15) is 0 Å². The maximum atomic E-state index is 11.6. The molecular weight excluding hydrogens is 250 g/mol. The summed E-state index contributed by atoms with van der Waals surface area (Å²) in [4.78, 5) is 0. The minimum Gasteiger partial charge on any atom is -0.495 e. The van der Waals surface area contributed by atoms with Gasteiger partial charge in [0.1, 0.15) is 5.75 Å². The summed E-state index contributed by atoms with van der Waals surface area (Å²) in [5, 5.41) is 3.12. The van der Waals surface area contributed by atoms with Gasteiger partial charge in [-0.15, -0.1) is 0 Å². The molecule has 0 radical (unpaired) electrons. The topological polar surface area (TPSA) is 55.4 Å². The van der Waals surface area contributed by atoms with Gasteiger partial charge in [0.15, 0.2) is 9.84 Å². The average molecular weight is 271 g/mol. The van der Waals surface area contributed by atoms with Gasteiger partial charge in [0.2, 0.25) is 0 Å². The molecule has 0 fully saturated rings. The highest BCUT2D eigenvalue weighted by molar-refractivity contribution is 7.91. The van der Waals surface area contributed by atoms with Gasteiger partial charge >= 0.3 is 0 Å². The monoisotopic (exact) mass is 271 g/mol. The predicted octanol–water partition coefficient (Wildman–Crippen LogP) is 2.24. The van der Waals surface area contributed by atoms with Crippen LogP contribution in [-0.2, 0) is 9.84 Å². The van der Waals surface area contributed by atoms with Gasteiger partial charge in [-0.3, -0.25) is 0 Å². The molecule has 102 valence electrons. The van der Waals surface area contributed by atoms with Gasteiger partial charge in [0.25, 0.3) is 0 Å². The quantitative estimate of drug-likeness (QED) is 0.826. The fourth-order valence-electron chi connectivity index (χ4n) is 1.71. The zero-order chi connectivity index (χ0) is 13.6. The van der Waals surface area contributed by atoms with Crippen LogP contribution in [0.25, 0.3) is 0 Å². The Kier molecular flexibility index (Phi) is 5.47. The van der Waals surface area contributed by atoms with Crippen LogP contribution in [0.1, 0.15) is 18.9 Å².